The number of nitrogens with one attached hydrogen (secondary N) is 1. The Hall–Kier alpha value is -1.99. The Balaban J connectivity index is 2.31. The second-order valence-electron chi connectivity index (χ2n) is 4.34. The number of carbonyl (C=O) groups excluding carboxylic acids is 1. The highest BCUT2D eigenvalue weighted by molar-refractivity contribution is 7.92. The molecule has 0 saturated carbocycles. The first-order chi connectivity index (χ1) is 9.78. The average molecular weight is 326 g/mol. The molecule has 0 bridgehead atoms. The third kappa shape index (κ3) is 3.77. The number of hydrogen-bond donors (Lipinski definition) is 1. The van der Waals surface area contributed by atoms with Crippen LogP contribution in [0.25, 0.3) is 0 Å². The molecule has 0 atom stereocenters. The summed E-state index contributed by atoms with van der Waals surface area (Å²) < 4.78 is 26.6. The van der Waals surface area contributed by atoms with E-state index in [1.807, 2.05) is 0 Å². The van der Waals surface area contributed by atoms with Crippen LogP contribution in [0.4, 0.5) is 5.95 Å². The minimum atomic E-state index is -3.83. The average Bonchev–Trinajstić information content (AvgIpc) is 2.37. The SMILES string of the molecule is CC(=O)c1ccc(S(=O)(=O)Nc2nc(C)cc(Cl)n2)cc1. The number of aryl methyl sites for hydroxylation is 1. The Kier molecular flexibility index (Phi) is 4.24. The van der Waals surface area contributed by atoms with E-state index in [0.29, 0.717) is 11.3 Å². The minimum absolute atomic E-state index is 0.00808. The molecule has 0 amide bonds. The standard InChI is InChI=1S/C13H12ClN3O3S/c1-8-7-12(14)16-13(15-8)17-21(19,20)11-5-3-10(4-6-11)9(2)18/h3-7H,1-2H3,(H,15,16,17). The van der Waals surface area contributed by atoms with Crippen molar-refractivity contribution in [1.29, 1.82) is 0 Å². The van der Waals surface area contributed by atoms with Gasteiger partial charge in [0.15, 0.2) is 5.78 Å². The van der Waals surface area contributed by atoms with Crippen LogP contribution in [0.2, 0.25) is 5.15 Å². The number of aromatic nitrogens is 2. The van der Waals surface area contributed by atoms with Gasteiger partial charge in [0.05, 0.1) is 4.90 Å². The molecule has 0 saturated heterocycles. The molecule has 1 heterocycles. The fourth-order valence-corrected chi connectivity index (χ4v) is 2.81. The van der Waals surface area contributed by atoms with Crippen LogP contribution in [0.5, 0.6) is 0 Å². The molecule has 0 fully saturated rings. The van der Waals surface area contributed by atoms with E-state index in [1.54, 1.807) is 6.92 Å². The van der Waals surface area contributed by atoms with Crippen molar-refractivity contribution in [2.75, 3.05) is 4.72 Å². The summed E-state index contributed by atoms with van der Waals surface area (Å²) in [6.45, 7) is 3.08. The van der Waals surface area contributed by atoms with E-state index in [1.165, 1.54) is 37.3 Å². The molecule has 8 heteroatoms. The smallest absolute Gasteiger partial charge is 0.264 e. The number of halogens is 1. The molecule has 0 aliphatic heterocycles. The monoisotopic (exact) mass is 325 g/mol. The molecule has 2 aromatic rings. The second kappa shape index (κ2) is 5.79. The summed E-state index contributed by atoms with van der Waals surface area (Å²) in [7, 11) is -3.83. The van der Waals surface area contributed by atoms with Crippen molar-refractivity contribution >= 4 is 33.4 Å². The summed E-state index contributed by atoms with van der Waals surface area (Å²) in [5, 5.41) is 0.145. The van der Waals surface area contributed by atoms with Gasteiger partial charge in [-0.25, -0.2) is 23.1 Å². The Morgan fingerprint density at radius 2 is 1.81 bits per heavy atom. The lowest BCUT2D eigenvalue weighted by atomic mass is 10.2. The molecular weight excluding hydrogens is 314 g/mol. The third-order valence-corrected chi connectivity index (χ3v) is 4.16. The lowest BCUT2D eigenvalue weighted by Crippen LogP contribution is -2.15. The van der Waals surface area contributed by atoms with E-state index in [9.17, 15) is 13.2 Å². The molecule has 1 N–H and O–H groups in total. The number of carbonyl (C=O) groups is 1. The zero-order valence-corrected chi connectivity index (χ0v) is 12.9. The summed E-state index contributed by atoms with van der Waals surface area (Å²) in [4.78, 5) is 18.9. The van der Waals surface area contributed by atoms with E-state index >= 15 is 0 Å². The molecule has 21 heavy (non-hydrogen) atoms. The van der Waals surface area contributed by atoms with Gasteiger partial charge in [-0.05, 0) is 32.0 Å². The molecule has 1 aromatic heterocycles. The fourth-order valence-electron chi connectivity index (χ4n) is 1.62. The van der Waals surface area contributed by atoms with Crippen LogP contribution in [-0.2, 0) is 10.0 Å². The van der Waals surface area contributed by atoms with Gasteiger partial charge in [-0.15, -0.1) is 0 Å². The Bertz CT molecular complexity index is 769. The number of benzene rings is 1. The van der Waals surface area contributed by atoms with Crippen LogP contribution in [-0.4, -0.2) is 24.2 Å². The van der Waals surface area contributed by atoms with Gasteiger partial charge < -0.3 is 0 Å². The highest BCUT2D eigenvalue weighted by Crippen LogP contribution is 2.16. The first-order valence-corrected chi connectivity index (χ1v) is 7.79. The highest BCUT2D eigenvalue weighted by Gasteiger charge is 2.16. The van der Waals surface area contributed by atoms with Gasteiger partial charge in [0.25, 0.3) is 10.0 Å². The molecule has 0 aliphatic carbocycles. The van der Waals surface area contributed by atoms with E-state index in [2.05, 4.69) is 14.7 Å². The summed E-state index contributed by atoms with van der Waals surface area (Å²) >= 11 is 5.76. The maximum Gasteiger partial charge on any atom is 0.264 e. The summed E-state index contributed by atoms with van der Waals surface area (Å²) in [6, 6.07) is 7.09. The molecule has 0 radical (unpaired) electrons. The van der Waals surface area contributed by atoms with Crippen molar-refractivity contribution in [2.24, 2.45) is 0 Å². The van der Waals surface area contributed by atoms with Crippen LogP contribution in [0, 0.1) is 6.92 Å². The van der Waals surface area contributed by atoms with Crippen LogP contribution < -0.4 is 4.72 Å². The first-order valence-electron chi connectivity index (χ1n) is 5.93. The largest absolute Gasteiger partial charge is 0.295 e. The Morgan fingerprint density at radius 1 is 1.19 bits per heavy atom. The van der Waals surface area contributed by atoms with Crippen LogP contribution in [0.3, 0.4) is 0 Å². The number of anilines is 1. The van der Waals surface area contributed by atoms with E-state index in [-0.39, 0.29) is 21.8 Å². The predicted molar refractivity (Wildman–Crippen MR) is 79.0 cm³/mol. The first kappa shape index (κ1) is 15.4. The Morgan fingerprint density at radius 3 is 2.33 bits per heavy atom. The normalized spacial score (nSPS) is 11.2. The molecule has 0 unspecified atom stereocenters. The third-order valence-electron chi connectivity index (χ3n) is 2.62. The number of sulfonamides is 1. The number of nitrogens with zero attached hydrogens (tertiary/aromatic N) is 2. The summed E-state index contributed by atoms with van der Waals surface area (Å²) in [6.07, 6.45) is 0. The molecule has 6 nitrogen and oxygen atoms in total. The highest BCUT2D eigenvalue weighted by atomic mass is 35.5. The maximum absolute atomic E-state index is 12.2. The summed E-state index contributed by atoms with van der Waals surface area (Å²) in [5.74, 6) is -0.239. The number of hydrogen-bond acceptors (Lipinski definition) is 5. The van der Waals surface area contributed by atoms with E-state index < -0.39 is 10.0 Å². The van der Waals surface area contributed by atoms with Crippen molar-refractivity contribution in [1.82, 2.24) is 9.97 Å². The van der Waals surface area contributed by atoms with Crippen molar-refractivity contribution in [3.05, 3.63) is 46.7 Å². The predicted octanol–water partition coefficient (Wildman–Crippen LogP) is 2.44. The van der Waals surface area contributed by atoms with Crippen LogP contribution in [0.15, 0.2) is 35.2 Å². The van der Waals surface area contributed by atoms with Gasteiger partial charge >= 0.3 is 0 Å². The number of ketones is 1. The van der Waals surface area contributed by atoms with Crippen molar-refractivity contribution in [3.8, 4) is 0 Å². The molecule has 1 aromatic carbocycles. The van der Waals surface area contributed by atoms with E-state index in [4.69, 9.17) is 11.6 Å². The van der Waals surface area contributed by atoms with E-state index in [0.717, 1.165) is 0 Å². The Labute approximate surface area is 127 Å². The van der Waals surface area contributed by atoms with Gasteiger partial charge in [-0.3, -0.25) is 4.79 Å². The quantitative estimate of drug-likeness (QED) is 0.689. The number of Topliss-reactive ketones (excluding diaryl/α,β-unsaturated/α-hetero) is 1. The van der Waals surface area contributed by atoms with Crippen molar-refractivity contribution in [2.45, 2.75) is 18.7 Å². The van der Waals surface area contributed by atoms with Gasteiger partial charge in [0.1, 0.15) is 5.15 Å². The second-order valence-corrected chi connectivity index (χ2v) is 6.41. The van der Waals surface area contributed by atoms with Crippen molar-refractivity contribution < 1.29 is 13.2 Å². The topological polar surface area (TPSA) is 89.0 Å². The maximum atomic E-state index is 12.2. The summed E-state index contributed by atoms with van der Waals surface area (Å²) in [5.41, 5.74) is 0.975. The lowest BCUT2D eigenvalue weighted by Gasteiger charge is -2.07. The van der Waals surface area contributed by atoms with Gasteiger partial charge in [-0.1, -0.05) is 23.7 Å². The molecule has 0 aliphatic rings. The van der Waals surface area contributed by atoms with Crippen LogP contribution in [0.1, 0.15) is 23.0 Å². The molecular formula is C13H12ClN3O3S. The fraction of sp³-hybridized carbons (Fsp3) is 0.154. The lowest BCUT2D eigenvalue weighted by molar-refractivity contribution is 0.101. The van der Waals surface area contributed by atoms with Crippen LogP contribution >= 0.6 is 11.6 Å². The zero-order valence-electron chi connectivity index (χ0n) is 11.3. The van der Waals surface area contributed by atoms with Crippen molar-refractivity contribution in [3.63, 3.8) is 0 Å². The molecule has 0 spiro atoms. The van der Waals surface area contributed by atoms with Gasteiger partial charge in [0.2, 0.25) is 5.95 Å². The molecule has 110 valence electrons. The zero-order chi connectivity index (χ0) is 15.6. The van der Waals surface area contributed by atoms with Gasteiger partial charge in [-0.2, -0.15) is 0 Å². The van der Waals surface area contributed by atoms with Gasteiger partial charge in [0, 0.05) is 11.3 Å². The number of rotatable bonds is 4. The molecule has 2 rings (SSSR count). The minimum Gasteiger partial charge on any atom is -0.295 e.